The summed E-state index contributed by atoms with van der Waals surface area (Å²) in [7, 11) is 0. The first kappa shape index (κ1) is 18.4. The van der Waals surface area contributed by atoms with Crippen molar-refractivity contribution < 1.29 is 9.90 Å². The zero-order chi connectivity index (χ0) is 14.9. The Morgan fingerprint density at radius 2 is 1.89 bits per heavy atom. The minimum Gasteiger partial charge on any atom is -0.480 e. The molecule has 1 aliphatic heterocycles. The first-order valence-corrected chi connectivity index (χ1v) is 7.65. The van der Waals surface area contributed by atoms with Gasteiger partial charge in [-0.25, -0.2) is 0 Å². The van der Waals surface area contributed by atoms with E-state index in [1.807, 2.05) is 13.8 Å². The molecule has 19 heavy (non-hydrogen) atoms. The maximum atomic E-state index is 10.7. The molecule has 1 heterocycles. The molecule has 4 nitrogen and oxygen atoms in total. The molecular formula is C15H32N2O2. The number of carboxylic acids is 1. The summed E-state index contributed by atoms with van der Waals surface area (Å²) in [5.41, 5.74) is 0.304. The normalized spacial score (nSPS) is 23.3. The van der Waals surface area contributed by atoms with Crippen LogP contribution < -0.4 is 0 Å². The maximum absolute atomic E-state index is 10.7. The van der Waals surface area contributed by atoms with Crippen molar-refractivity contribution in [3.8, 4) is 0 Å². The van der Waals surface area contributed by atoms with Crippen LogP contribution in [-0.2, 0) is 4.79 Å². The quantitative estimate of drug-likeness (QED) is 0.773. The van der Waals surface area contributed by atoms with Gasteiger partial charge in [0, 0.05) is 6.54 Å². The van der Waals surface area contributed by atoms with Crippen LogP contribution in [0.15, 0.2) is 0 Å². The zero-order valence-electron chi connectivity index (χ0n) is 13.4. The topological polar surface area (TPSA) is 43.8 Å². The van der Waals surface area contributed by atoms with E-state index in [-0.39, 0.29) is 6.54 Å². The average molecular weight is 272 g/mol. The smallest absolute Gasteiger partial charge is 0.317 e. The summed E-state index contributed by atoms with van der Waals surface area (Å²) in [6.07, 6.45) is 2.30. The van der Waals surface area contributed by atoms with Crippen molar-refractivity contribution in [2.75, 3.05) is 39.3 Å². The molecule has 4 heteroatoms. The standard InChI is InChI=1S/C13H26N2O2.C2H6/c1-4-14(5-2)8-6-13(3)7-9-15(11-13)10-12(16)17;1-2/h4-11H2,1-3H3,(H,16,17);1-2H3. The fourth-order valence-electron chi connectivity index (χ4n) is 2.62. The Hall–Kier alpha value is -0.610. The molecule has 0 spiro atoms. The molecule has 1 unspecified atom stereocenters. The molecule has 1 aliphatic rings. The molecular weight excluding hydrogens is 240 g/mol. The molecule has 0 aromatic carbocycles. The highest BCUT2D eigenvalue weighted by atomic mass is 16.4. The number of likely N-dealkylation sites (tertiary alicyclic amines) is 1. The molecule has 0 radical (unpaired) electrons. The number of hydrogen-bond donors (Lipinski definition) is 1. The van der Waals surface area contributed by atoms with E-state index in [9.17, 15) is 4.79 Å². The molecule has 1 atom stereocenters. The summed E-state index contributed by atoms with van der Waals surface area (Å²) in [6, 6.07) is 0. The van der Waals surface area contributed by atoms with E-state index in [1.165, 1.54) is 6.42 Å². The number of aliphatic carboxylic acids is 1. The van der Waals surface area contributed by atoms with Crippen molar-refractivity contribution in [3.63, 3.8) is 0 Å². The lowest BCUT2D eigenvalue weighted by molar-refractivity contribution is -0.138. The molecule has 0 amide bonds. The van der Waals surface area contributed by atoms with E-state index in [0.717, 1.165) is 39.1 Å². The van der Waals surface area contributed by atoms with Crippen LogP contribution >= 0.6 is 0 Å². The molecule has 1 N–H and O–H groups in total. The van der Waals surface area contributed by atoms with Gasteiger partial charge in [0.2, 0.25) is 0 Å². The Kier molecular flexibility index (Phi) is 9.02. The van der Waals surface area contributed by atoms with Gasteiger partial charge in [-0.3, -0.25) is 9.69 Å². The third kappa shape index (κ3) is 6.92. The average Bonchev–Trinajstić information content (AvgIpc) is 2.74. The van der Waals surface area contributed by atoms with E-state index >= 15 is 0 Å². The number of hydrogen-bond acceptors (Lipinski definition) is 3. The highest BCUT2D eigenvalue weighted by molar-refractivity contribution is 5.69. The fourth-order valence-corrected chi connectivity index (χ4v) is 2.62. The number of rotatable bonds is 7. The summed E-state index contributed by atoms with van der Waals surface area (Å²) >= 11 is 0. The van der Waals surface area contributed by atoms with Crippen LogP contribution in [-0.4, -0.2) is 60.1 Å². The monoisotopic (exact) mass is 272 g/mol. The van der Waals surface area contributed by atoms with Gasteiger partial charge in [0.1, 0.15) is 0 Å². The Morgan fingerprint density at radius 3 is 2.37 bits per heavy atom. The largest absolute Gasteiger partial charge is 0.480 e. The van der Waals surface area contributed by atoms with Crippen molar-refractivity contribution in [1.29, 1.82) is 0 Å². The minimum absolute atomic E-state index is 0.195. The summed E-state index contributed by atoms with van der Waals surface area (Å²) < 4.78 is 0. The lowest BCUT2D eigenvalue weighted by Crippen LogP contribution is -2.33. The Labute approximate surface area is 118 Å². The fraction of sp³-hybridized carbons (Fsp3) is 0.933. The van der Waals surface area contributed by atoms with Gasteiger partial charge in [-0.2, -0.15) is 0 Å². The van der Waals surface area contributed by atoms with E-state index < -0.39 is 5.97 Å². The van der Waals surface area contributed by atoms with Crippen molar-refractivity contribution in [1.82, 2.24) is 9.80 Å². The lowest BCUT2D eigenvalue weighted by Gasteiger charge is -2.28. The van der Waals surface area contributed by atoms with E-state index in [1.54, 1.807) is 0 Å². The summed E-state index contributed by atoms with van der Waals surface area (Å²) in [4.78, 5) is 15.2. The van der Waals surface area contributed by atoms with Crippen LogP contribution in [0.1, 0.15) is 47.5 Å². The van der Waals surface area contributed by atoms with Gasteiger partial charge in [-0.1, -0.05) is 34.6 Å². The second-order valence-corrected chi connectivity index (χ2v) is 5.44. The summed E-state index contributed by atoms with van der Waals surface area (Å²) in [5.74, 6) is -0.710. The minimum atomic E-state index is -0.710. The first-order chi connectivity index (χ1) is 8.99. The van der Waals surface area contributed by atoms with Crippen LogP contribution in [0.5, 0.6) is 0 Å². The third-order valence-electron chi connectivity index (χ3n) is 3.92. The predicted octanol–water partition coefficient (Wildman–Crippen LogP) is 2.54. The van der Waals surface area contributed by atoms with Crippen molar-refractivity contribution in [3.05, 3.63) is 0 Å². The van der Waals surface area contributed by atoms with Crippen LogP contribution in [0.3, 0.4) is 0 Å². The van der Waals surface area contributed by atoms with E-state index in [0.29, 0.717) is 5.41 Å². The third-order valence-corrected chi connectivity index (χ3v) is 3.92. The molecule has 1 rings (SSSR count). The van der Waals surface area contributed by atoms with Gasteiger partial charge in [0.15, 0.2) is 0 Å². The van der Waals surface area contributed by atoms with Gasteiger partial charge in [0.25, 0.3) is 0 Å². The van der Waals surface area contributed by atoms with Crippen LogP contribution in [0.4, 0.5) is 0 Å². The van der Waals surface area contributed by atoms with Crippen LogP contribution in [0.2, 0.25) is 0 Å². The van der Waals surface area contributed by atoms with Gasteiger partial charge >= 0.3 is 5.97 Å². The Balaban J connectivity index is 0.00000154. The van der Waals surface area contributed by atoms with Gasteiger partial charge in [-0.05, 0) is 44.4 Å². The van der Waals surface area contributed by atoms with Crippen LogP contribution in [0, 0.1) is 5.41 Å². The first-order valence-electron chi connectivity index (χ1n) is 7.65. The van der Waals surface area contributed by atoms with E-state index in [4.69, 9.17) is 5.11 Å². The highest BCUT2D eigenvalue weighted by Crippen LogP contribution is 2.33. The zero-order valence-corrected chi connectivity index (χ0v) is 13.4. The van der Waals surface area contributed by atoms with E-state index in [2.05, 4.69) is 30.6 Å². The molecule has 0 aliphatic carbocycles. The molecule has 0 saturated carbocycles. The Morgan fingerprint density at radius 1 is 1.32 bits per heavy atom. The molecule has 114 valence electrons. The molecule has 1 fully saturated rings. The number of nitrogens with zero attached hydrogens (tertiary/aromatic N) is 2. The van der Waals surface area contributed by atoms with Gasteiger partial charge < -0.3 is 10.0 Å². The molecule has 0 aromatic heterocycles. The predicted molar refractivity (Wildman–Crippen MR) is 80.6 cm³/mol. The van der Waals surface area contributed by atoms with Crippen molar-refractivity contribution in [2.45, 2.75) is 47.5 Å². The van der Waals surface area contributed by atoms with Gasteiger partial charge in [-0.15, -0.1) is 0 Å². The van der Waals surface area contributed by atoms with Crippen molar-refractivity contribution in [2.24, 2.45) is 5.41 Å². The lowest BCUT2D eigenvalue weighted by atomic mass is 9.86. The van der Waals surface area contributed by atoms with Crippen molar-refractivity contribution >= 4 is 5.97 Å². The number of carboxylic acid groups (broad SMARTS) is 1. The Bertz CT molecular complexity index is 255. The summed E-state index contributed by atoms with van der Waals surface area (Å²) in [5, 5.41) is 8.79. The second-order valence-electron chi connectivity index (χ2n) is 5.44. The second kappa shape index (κ2) is 9.32. The molecule has 1 saturated heterocycles. The highest BCUT2D eigenvalue weighted by Gasteiger charge is 2.34. The molecule has 0 aromatic rings. The summed E-state index contributed by atoms with van der Waals surface area (Å²) in [6.45, 7) is 16.1. The molecule has 0 bridgehead atoms. The maximum Gasteiger partial charge on any atom is 0.317 e. The SMILES string of the molecule is CC.CCN(CC)CCC1(C)CCN(CC(=O)O)C1. The van der Waals surface area contributed by atoms with Gasteiger partial charge in [0.05, 0.1) is 6.54 Å². The van der Waals surface area contributed by atoms with Crippen LogP contribution in [0.25, 0.3) is 0 Å². The number of carbonyl (C=O) groups is 1.